The molecular formula is C43H80NO8P. The predicted octanol–water partition coefficient (Wildman–Crippen LogP) is 11.8. The number of unbranched alkanes of at least 4 members (excludes halogenated alkanes) is 21. The van der Waals surface area contributed by atoms with Crippen LogP contribution in [0.25, 0.3) is 0 Å². The summed E-state index contributed by atoms with van der Waals surface area (Å²) in [5, 5.41) is 12.7. The van der Waals surface area contributed by atoms with E-state index in [1.165, 1.54) is 103 Å². The highest BCUT2D eigenvalue weighted by molar-refractivity contribution is 7.47. The minimum atomic E-state index is -4.42. The van der Waals surface area contributed by atoms with Crippen molar-refractivity contribution in [2.24, 2.45) is 0 Å². The van der Waals surface area contributed by atoms with E-state index in [0.717, 1.165) is 64.2 Å². The summed E-state index contributed by atoms with van der Waals surface area (Å²) in [5.41, 5.74) is 0. The number of phosphoric ester groups is 1. The molecule has 0 saturated heterocycles. The van der Waals surface area contributed by atoms with Gasteiger partial charge in [-0.05, 0) is 44.9 Å². The van der Waals surface area contributed by atoms with E-state index in [1.54, 1.807) is 0 Å². The van der Waals surface area contributed by atoms with E-state index in [9.17, 15) is 24.2 Å². The van der Waals surface area contributed by atoms with Crippen LogP contribution >= 0.6 is 7.82 Å². The van der Waals surface area contributed by atoms with Crippen LogP contribution in [-0.4, -0.2) is 54.3 Å². The van der Waals surface area contributed by atoms with Gasteiger partial charge in [0.1, 0.15) is 12.7 Å². The van der Waals surface area contributed by atoms with Gasteiger partial charge in [0.25, 0.3) is 0 Å². The molecule has 10 heteroatoms. The molecule has 0 aromatic heterocycles. The molecule has 0 radical (unpaired) electrons. The second-order valence-electron chi connectivity index (χ2n) is 14.3. The highest BCUT2D eigenvalue weighted by Gasteiger charge is 2.23. The highest BCUT2D eigenvalue weighted by Crippen LogP contribution is 2.42. The number of aliphatic hydroxyl groups excluding tert-OH is 1. The molecule has 3 N–H and O–H groups in total. The van der Waals surface area contributed by atoms with E-state index in [-0.39, 0.29) is 32.1 Å². The second-order valence-corrected chi connectivity index (χ2v) is 15.7. The standard InChI is InChI=1S/C43H80NO8P/c1-3-5-7-9-11-13-15-17-18-19-20-21-22-24-26-28-30-32-34-36-43(47)50-39-41(45)40-52-53(48,49)51-38-37-44-42(46)35-33-31-29-27-25-23-16-14-12-10-8-6-4-2/h6,8,12,14,23,25,41,45H,3-5,7,9-11,13,15-22,24,26-40H2,1-2H3,(H,44,46)(H,48,49)/b8-6-,14-12-,25-23-. The third-order valence-corrected chi connectivity index (χ3v) is 10.1. The van der Waals surface area contributed by atoms with Gasteiger partial charge >= 0.3 is 13.8 Å². The smallest absolute Gasteiger partial charge is 0.463 e. The van der Waals surface area contributed by atoms with Gasteiger partial charge in [-0.15, -0.1) is 0 Å². The summed E-state index contributed by atoms with van der Waals surface area (Å²) in [4.78, 5) is 33.8. The third kappa shape index (κ3) is 41.2. The Morgan fingerprint density at radius 2 is 1.08 bits per heavy atom. The van der Waals surface area contributed by atoms with Gasteiger partial charge in [-0.25, -0.2) is 4.57 Å². The fraction of sp³-hybridized carbons (Fsp3) is 0.814. The van der Waals surface area contributed by atoms with E-state index in [0.29, 0.717) is 6.42 Å². The van der Waals surface area contributed by atoms with E-state index in [1.807, 2.05) is 0 Å². The molecule has 0 spiro atoms. The lowest BCUT2D eigenvalue weighted by Crippen LogP contribution is -2.27. The van der Waals surface area contributed by atoms with Gasteiger partial charge in [0.05, 0.1) is 13.2 Å². The molecule has 0 aromatic carbocycles. The van der Waals surface area contributed by atoms with Gasteiger partial charge in [-0.3, -0.25) is 18.6 Å². The third-order valence-electron chi connectivity index (χ3n) is 9.08. The molecule has 2 atom stereocenters. The number of amides is 1. The summed E-state index contributed by atoms with van der Waals surface area (Å²) in [6, 6.07) is 0. The zero-order valence-corrected chi connectivity index (χ0v) is 34.9. The zero-order chi connectivity index (χ0) is 38.9. The molecule has 2 unspecified atom stereocenters. The van der Waals surface area contributed by atoms with Crippen LogP contribution in [0.15, 0.2) is 36.5 Å². The molecule has 0 aliphatic carbocycles. The maximum absolute atomic E-state index is 12.1. The molecule has 9 nitrogen and oxygen atoms in total. The van der Waals surface area contributed by atoms with E-state index >= 15 is 0 Å². The first-order valence-corrected chi connectivity index (χ1v) is 23.0. The number of phosphoric acid groups is 1. The number of allylic oxidation sites excluding steroid dienone is 6. The van der Waals surface area contributed by atoms with Gasteiger partial charge < -0.3 is 20.1 Å². The average Bonchev–Trinajstić information content (AvgIpc) is 3.14. The molecule has 310 valence electrons. The van der Waals surface area contributed by atoms with Crippen LogP contribution in [0.3, 0.4) is 0 Å². The van der Waals surface area contributed by atoms with Gasteiger partial charge in [0.2, 0.25) is 5.91 Å². The first kappa shape index (κ1) is 51.2. The van der Waals surface area contributed by atoms with Crippen molar-refractivity contribution in [3.63, 3.8) is 0 Å². The Morgan fingerprint density at radius 3 is 1.62 bits per heavy atom. The number of aliphatic hydroxyl groups is 1. The minimum Gasteiger partial charge on any atom is -0.463 e. The van der Waals surface area contributed by atoms with Crippen LogP contribution in [0.5, 0.6) is 0 Å². The Balaban J connectivity index is 3.59. The summed E-state index contributed by atoms with van der Waals surface area (Å²) < 4.78 is 26.8. The Labute approximate surface area is 324 Å². The minimum absolute atomic E-state index is 0.0663. The molecular weight excluding hydrogens is 689 g/mol. The van der Waals surface area contributed by atoms with E-state index in [4.69, 9.17) is 13.8 Å². The molecule has 0 saturated carbocycles. The number of carbonyl (C=O) groups is 2. The molecule has 0 aliphatic heterocycles. The van der Waals surface area contributed by atoms with Crippen LogP contribution in [0, 0.1) is 0 Å². The highest BCUT2D eigenvalue weighted by atomic mass is 31.2. The van der Waals surface area contributed by atoms with E-state index < -0.39 is 26.5 Å². The fourth-order valence-corrected chi connectivity index (χ4v) is 6.62. The molecule has 0 aliphatic rings. The van der Waals surface area contributed by atoms with Crippen molar-refractivity contribution in [1.82, 2.24) is 5.32 Å². The number of hydrogen-bond donors (Lipinski definition) is 3. The van der Waals surface area contributed by atoms with Crippen LogP contribution < -0.4 is 5.32 Å². The number of rotatable bonds is 40. The Morgan fingerprint density at radius 1 is 0.604 bits per heavy atom. The first-order chi connectivity index (χ1) is 25.8. The topological polar surface area (TPSA) is 131 Å². The molecule has 0 heterocycles. The fourth-order valence-electron chi connectivity index (χ4n) is 5.87. The summed E-state index contributed by atoms with van der Waals surface area (Å²) >= 11 is 0. The lowest BCUT2D eigenvalue weighted by Gasteiger charge is -2.15. The van der Waals surface area contributed by atoms with Crippen LogP contribution in [0.1, 0.15) is 194 Å². The maximum atomic E-state index is 12.1. The second kappa shape index (κ2) is 39.9. The molecule has 0 aromatic rings. The predicted molar refractivity (Wildman–Crippen MR) is 220 cm³/mol. The maximum Gasteiger partial charge on any atom is 0.472 e. The molecule has 0 bridgehead atoms. The van der Waals surface area contributed by atoms with Gasteiger partial charge in [-0.1, -0.05) is 172 Å². The molecule has 1 amide bonds. The van der Waals surface area contributed by atoms with Crippen molar-refractivity contribution in [3.8, 4) is 0 Å². The van der Waals surface area contributed by atoms with Crippen LogP contribution in [0.4, 0.5) is 0 Å². The summed E-state index contributed by atoms with van der Waals surface area (Å²) in [7, 11) is -4.42. The molecule has 0 fully saturated rings. The average molecular weight is 770 g/mol. The quantitative estimate of drug-likeness (QED) is 0.0243. The lowest BCUT2D eigenvalue weighted by molar-refractivity contribution is -0.147. The van der Waals surface area contributed by atoms with Gasteiger partial charge in [0, 0.05) is 19.4 Å². The van der Waals surface area contributed by atoms with E-state index in [2.05, 4.69) is 55.6 Å². The van der Waals surface area contributed by atoms with Crippen LogP contribution in [-0.2, 0) is 27.9 Å². The first-order valence-electron chi connectivity index (χ1n) is 21.5. The Bertz CT molecular complexity index is 970. The number of ether oxygens (including phenoxy) is 1. The Kier molecular flexibility index (Phi) is 38.6. The molecule has 53 heavy (non-hydrogen) atoms. The van der Waals surface area contributed by atoms with Crippen molar-refractivity contribution in [2.75, 3.05) is 26.4 Å². The number of hydrogen-bond acceptors (Lipinski definition) is 7. The van der Waals surface area contributed by atoms with Gasteiger partial charge in [0.15, 0.2) is 0 Å². The largest absolute Gasteiger partial charge is 0.472 e. The summed E-state index contributed by atoms with van der Waals surface area (Å²) in [5.74, 6) is -0.542. The SMILES string of the molecule is CC/C=C\C/C=C\C/C=C\CCCCCC(=O)NCCOP(=O)(O)OCC(O)COC(=O)CCCCCCCCCCCCCCCCCCCCC. The van der Waals surface area contributed by atoms with Crippen molar-refractivity contribution < 1.29 is 37.9 Å². The Hall–Kier alpha value is -1.77. The van der Waals surface area contributed by atoms with Crippen molar-refractivity contribution in [1.29, 1.82) is 0 Å². The monoisotopic (exact) mass is 770 g/mol. The number of carbonyl (C=O) groups excluding carboxylic acids is 2. The number of esters is 1. The normalized spacial score (nSPS) is 13.7. The van der Waals surface area contributed by atoms with Crippen molar-refractivity contribution in [2.45, 2.75) is 200 Å². The molecule has 0 rings (SSSR count). The van der Waals surface area contributed by atoms with Crippen molar-refractivity contribution >= 4 is 19.7 Å². The van der Waals surface area contributed by atoms with Crippen LogP contribution in [0.2, 0.25) is 0 Å². The lowest BCUT2D eigenvalue weighted by atomic mass is 10.0. The summed E-state index contributed by atoms with van der Waals surface area (Å²) in [6.07, 6.45) is 43.7. The zero-order valence-electron chi connectivity index (χ0n) is 34.0. The number of nitrogens with one attached hydrogen (secondary N) is 1. The van der Waals surface area contributed by atoms with Crippen molar-refractivity contribution in [3.05, 3.63) is 36.5 Å². The summed E-state index contributed by atoms with van der Waals surface area (Å²) in [6.45, 7) is 3.41. The van der Waals surface area contributed by atoms with Gasteiger partial charge in [-0.2, -0.15) is 0 Å².